The highest BCUT2D eigenvalue weighted by Crippen LogP contribution is 2.43. The highest BCUT2D eigenvalue weighted by molar-refractivity contribution is 7.13. The number of thiazole rings is 1. The Morgan fingerprint density at radius 1 is 0.927 bits per heavy atom. The van der Waals surface area contributed by atoms with Gasteiger partial charge >= 0.3 is 0 Å². The Hall–Kier alpha value is -4.62. The minimum atomic E-state index is -0.812. The van der Waals surface area contributed by atoms with Gasteiger partial charge < -0.3 is 5.32 Å². The Labute approximate surface area is 242 Å². The van der Waals surface area contributed by atoms with Gasteiger partial charge in [-0.2, -0.15) is 5.10 Å². The van der Waals surface area contributed by atoms with Crippen LogP contribution in [0.2, 0.25) is 0 Å². The standard InChI is InChI=1S/C34H29FN4OS/c1-34(2,32(40)38-33-37-28(22-41-33)19-23-9-5-3-6-10-23)31(24-11-7-4-8-12-24)25-13-18-30-26(20-25)21-36-39(30)29-16-14-27(35)15-17-29/h3-18,20-22,31H,19H2,1-2H3,(H,37,38,40). The molecule has 0 fully saturated rings. The molecule has 1 unspecified atom stereocenters. The molecule has 0 saturated heterocycles. The molecule has 204 valence electrons. The molecule has 2 heterocycles. The summed E-state index contributed by atoms with van der Waals surface area (Å²) in [4.78, 5) is 18.6. The number of fused-ring (bicyclic) bond motifs is 1. The van der Waals surface area contributed by atoms with E-state index >= 15 is 0 Å². The molecule has 7 heteroatoms. The topological polar surface area (TPSA) is 59.8 Å². The molecule has 4 aromatic carbocycles. The van der Waals surface area contributed by atoms with Crippen LogP contribution in [0, 0.1) is 11.2 Å². The van der Waals surface area contributed by atoms with Crippen LogP contribution in [-0.2, 0) is 11.2 Å². The lowest BCUT2D eigenvalue weighted by Crippen LogP contribution is -2.37. The van der Waals surface area contributed by atoms with E-state index in [0.29, 0.717) is 5.13 Å². The average molecular weight is 561 g/mol. The highest BCUT2D eigenvalue weighted by Gasteiger charge is 2.39. The quantitative estimate of drug-likeness (QED) is 0.205. The Balaban J connectivity index is 1.30. The fourth-order valence-corrected chi connectivity index (χ4v) is 6.04. The number of nitrogens with one attached hydrogen (secondary N) is 1. The minimum Gasteiger partial charge on any atom is -0.301 e. The predicted molar refractivity (Wildman–Crippen MR) is 163 cm³/mol. The first-order valence-electron chi connectivity index (χ1n) is 13.5. The number of halogens is 1. The number of rotatable bonds is 8. The molecule has 6 aromatic rings. The van der Waals surface area contributed by atoms with Crippen molar-refractivity contribution in [3.05, 3.63) is 143 Å². The number of hydrogen-bond acceptors (Lipinski definition) is 4. The van der Waals surface area contributed by atoms with Crippen molar-refractivity contribution >= 4 is 33.3 Å². The third kappa shape index (κ3) is 5.54. The van der Waals surface area contributed by atoms with E-state index in [2.05, 4.69) is 46.8 Å². The lowest BCUT2D eigenvalue weighted by atomic mass is 9.70. The van der Waals surface area contributed by atoms with Crippen LogP contribution in [0.1, 0.15) is 42.1 Å². The summed E-state index contributed by atoms with van der Waals surface area (Å²) in [6.07, 6.45) is 2.52. The van der Waals surface area contributed by atoms with Gasteiger partial charge in [0, 0.05) is 23.1 Å². The van der Waals surface area contributed by atoms with Crippen molar-refractivity contribution in [2.45, 2.75) is 26.2 Å². The molecule has 0 aliphatic carbocycles. The molecule has 1 amide bonds. The van der Waals surface area contributed by atoms with E-state index in [9.17, 15) is 9.18 Å². The van der Waals surface area contributed by atoms with Crippen molar-refractivity contribution in [1.29, 1.82) is 0 Å². The van der Waals surface area contributed by atoms with Crippen LogP contribution in [0.25, 0.3) is 16.6 Å². The molecule has 5 nitrogen and oxygen atoms in total. The number of carbonyl (C=O) groups is 1. The van der Waals surface area contributed by atoms with Crippen LogP contribution < -0.4 is 5.32 Å². The molecule has 0 radical (unpaired) electrons. The van der Waals surface area contributed by atoms with Gasteiger partial charge in [0.1, 0.15) is 5.82 Å². The molecule has 1 atom stereocenters. The van der Waals surface area contributed by atoms with Crippen LogP contribution in [0.5, 0.6) is 0 Å². The fourth-order valence-electron chi connectivity index (χ4n) is 5.33. The van der Waals surface area contributed by atoms with E-state index in [1.807, 2.05) is 61.7 Å². The number of benzene rings is 4. The number of carbonyl (C=O) groups excluding carboxylic acids is 1. The molecule has 1 N–H and O–H groups in total. The molecule has 2 aromatic heterocycles. The van der Waals surface area contributed by atoms with Gasteiger partial charge in [0.2, 0.25) is 5.91 Å². The summed E-state index contributed by atoms with van der Waals surface area (Å²) in [5.41, 5.74) is 5.03. The Kier molecular flexibility index (Phi) is 7.20. The van der Waals surface area contributed by atoms with Crippen LogP contribution >= 0.6 is 11.3 Å². The molecular weight excluding hydrogens is 531 g/mol. The number of aromatic nitrogens is 3. The summed E-state index contributed by atoms with van der Waals surface area (Å²) in [6, 6.07) is 32.7. The summed E-state index contributed by atoms with van der Waals surface area (Å²) in [5.74, 6) is -0.621. The Morgan fingerprint density at radius 2 is 1.63 bits per heavy atom. The molecule has 6 rings (SSSR count). The van der Waals surface area contributed by atoms with Crippen LogP contribution in [0.3, 0.4) is 0 Å². The average Bonchev–Trinajstić information content (AvgIpc) is 3.61. The van der Waals surface area contributed by atoms with Gasteiger partial charge in [-0.1, -0.05) is 80.6 Å². The van der Waals surface area contributed by atoms with Crippen molar-refractivity contribution in [3.8, 4) is 5.69 Å². The maximum absolute atomic E-state index is 13.9. The van der Waals surface area contributed by atoms with Crippen molar-refractivity contribution in [1.82, 2.24) is 14.8 Å². The normalized spacial score (nSPS) is 12.4. The van der Waals surface area contributed by atoms with E-state index < -0.39 is 5.41 Å². The van der Waals surface area contributed by atoms with Crippen molar-refractivity contribution in [2.75, 3.05) is 5.32 Å². The van der Waals surface area contributed by atoms with E-state index in [1.165, 1.54) is 29.0 Å². The SMILES string of the molecule is CC(C)(C(=O)Nc1nc(Cc2ccccc2)cs1)C(c1ccccc1)c1ccc2c(cnn2-c2ccc(F)cc2)c1. The Bertz CT molecular complexity index is 1790. The lowest BCUT2D eigenvalue weighted by molar-refractivity contribution is -0.124. The predicted octanol–water partition coefficient (Wildman–Crippen LogP) is 8.01. The molecular formula is C34H29FN4OS. The number of amides is 1. The number of anilines is 1. The zero-order valence-corrected chi connectivity index (χ0v) is 23.6. The molecule has 0 bridgehead atoms. The zero-order valence-electron chi connectivity index (χ0n) is 22.8. The van der Waals surface area contributed by atoms with Gasteiger partial charge in [0.25, 0.3) is 0 Å². The molecule has 0 spiro atoms. The second kappa shape index (κ2) is 11.1. The summed E-state index contributed by atoms with van der Waals surface area (Å²) in [6.45, 7) is 3.95. The highest BCUT2D eigenvalue weighted by atomic mass is 32.1. The lowest BCUT2D eigenvalue weighted by Gasteiger charge is -2.34. The van der Waals surface area contributed by atoms with Gasteiger partial charge in [-0.25, -0.2) is 14.1 Å². The van der Waals surface area contributed by atoms with E-state index in [1.54, 1.807) is 23.0 Å². The molecule has 0 aliphatic heterocycles. The van der Waals surface area contributed by atoms with E-state index in [-0.39, 0.29) is 17.6 Å². The third-order valence-electron chi connectivity index (χ3n) is 7.44. The smallest absolute Gasteiger partial charge is 0.232 e. The van der Waals surface area contributed by atoms with Crippen LogP contribution in [0.4, 0.5) is 9.52 Å². The van der Waals surface area contributed by atoms with E-state index in [0.717, 1.165) is 39.8 Å². The van der Waals surface area contributed by atoms with Crippen LogP contribution in [0.15, 0.2) is 115 Å². The minimum absolute atomic E-state index is 0.103. The summed E-state index contributed by atoms with van der Waals surface area (Å²) < 4.78 is 15.3. The first-order chi connectivity index (χ1) is 19.9. The van der Waals surface area contributed by atoms with E-state index in [4.69, 9.17) is 4.98 Å². The third-order valence-corrected chi connectivity index (χ3v) is 8.24. The van der Waals surface area contributed by atoms with Crippen molar-refractivity contribution in [3.63, 3.8) is 0 Å². The summed E-state index contributed by atoms with van der Waals surface area (Å²) >= 11 is 1.44. The molecule has 0 aliphatic rings. The number of nitrogens with zero attached hydrogens (tertiary/aromatic N) is 3. The zero-order chi connectivity index (χ0) is 28.4. The maximum Gasteiger partial charge on any atom is 0.232 e. The first kappa shape index (κ1) is 26.6. The molecule has 41 heavy (non-hydrogen) atoms. The van der Waals surface area contributed by atoms with Crippen LogP contribution in [-0.4, -0.2) is 20.7 Å². The summed E-state index contributed by atoms with van der Waals surface area (Å²) in [5, 5.41) is 11.2. The largest absolute Gasteiger partial charge is 0.301 e. The maximum atomic E-state index is 13.9. The Morgan fingerprint density at radius 3 is 2.37 bits per heavy atom. The molecule has 0 saturated carbocycles. The van der Waals surface area contributed by atoms with Gasteiger partial charge in [0.15, 0.2) is 5.13 Å². The summed E-state index contributed by atoms with van der Waals surface area (Å²) in [7, 11) is 0. The first-order valence-corrected chi connectivity index (χ1v) is 14.3. The van der Waals surface area contributed by atoms with Gasteiger partial charge in [0.05, 0.1) is 28.5 Å². The van der Waals surface area contributed by atoms with Crippen molar-refractivity contribution < 1.29 is 9.18 Å². The van der Waals surface area contributed by atoms with Gasteiger partial charge in [-0.3, -0.25) is 4.79 Å². The fraction of sp³-hybridized carbons (Fsp3) is 0.147. The number of hydrogen-bond donors (Lipinski definition) is 1. The van der Waals surface area contributed by atoms with Gasteiger partial charge in [-0.15, -0.1) is 11.3 Å². The van der Waals surface area contributed by atoms with Gasteiger partial charge in [-0.05, 0) is 53.1 Å². The second-order valence-corrected chi connectivity index (χ2v) is 11.5. The van der Waals surface area contributed by atoms with Crippen molar-refractivity contribution in [2.24, 2.45) is 5.41 Å². The second-order valence-electron chi connectivity index (χ2n) is 10.7. The monoisotopic (exact) mass is 560 g/mol.